The Morgan fingerprint density at radius 1 is 0.566 bits per heavy atom. The molecule has 0 aliphatic heterocycles. The van der Waals surface area contributed by atoms with E-state index >= 15 is 0 Å². The lowest BCUT2D eigenvalue weighted by Gasteiger charge is -2.16. The first-order valence-corrected chi connectivity index (χ1v) is 21.3. The Bertz CT molecular complexity index is 1600. The molecule has 0 bridgehead atoms. The molecule has 4 aromatic carbocycles. The molecule has 3 unspecified atom stereocenters. The second-order valence-corrected chi connectivity index (χ2v) is 16.2. The lowest BCUT2D eigenvalue weighted by atomic mass is 9.89. The van der Waals surface area contributed by atoms with Crippen LogP contribution in [-0.4, -0.2) is 0 Å². The van der Waals surface area contributed by atoms with Crippen molar-refractivity contribution in [2.45, 2.75) is 132 Å². The summed E-state index contributed by atoms with van der Waals surface area (Å²) in [6, 6.07) is 34.9. The van der Waals surface area contributed by atoms with E-state index in [1.54, 1.807) is 0 Å². The minimum absolute atomic E-state index is 0.520. The Labute approximate surface area is 325 Å². The number of allylic oxidation sites excluding steroid dienone is 3. The Morgan fingerprint density at radius 2 is 1.09 bits per heavy atom. The van der Waals surface area contributed by atoms with Crippen LogP contribution in [0.1, 0.15) is 140 Å². The first-order valence-electron chi connectivity index (χ1n) is 21.3. The fourth-order valence-electron chi connectivity index (χ4n) is 7.48. The van der Waals surface area contributed by atoms with Crippen LogP contribution in [0.3, 0.4) is 0 Å². The zero-order valence-electron chi connectivity index (χ0n) is 34.5. The molecule has 4 rings (SSSR count). The van der Waals surface area contributed by atoms with Crippen molar-refractivity contribution in [1.82, 2.24) is 0 Å². The molecule has 53 heavy (non-hydrogen) atoms. The average Bonchev–Trinajstić information content (AvgIpc) is 3.17. The molecule has 0 saturated carbocycles. The Kier molecular flexibility index (Phi) is 17.7. The lowest BCUT2D eigenvalue weighted by Crippen LogP contribution is -2.03. The molecule has 0 aliphatic rings. The maximum Gasteiger partial charge on any atom is 0.0387 e. The predicted molar refractivity (Wildman–Crippen MR) is 235 cm³/mol. The summed E-state index contributed by atoms with van der Waals surface area (Å²) in [7, 11) is 0. The van der Waals surface area contributed by atoms with Gasteiger partial charge in [-0.2, -0.15) is 0 Å². The summed E-state index contributed by atoms with van der Waals surface area (Å²) in [6.45, 7) is 16.1. The van der Waals surface area contributed by atoms with Gasteiger partial charge in [-0.15, -0.1) is 0 Å². The maximum absolute atomic E-state index is 6.59. The van der Waals surface area contributed by atoms with E-state index in [2.05, 4.69) is 152 Å². The quantitative estimate of drug-likeness (QED) is 0.0638. The highest BCUT2D eigenvalue weighted by Gasteiger charge is 2.12. The molecule has 0 aromatic heterocycles. The van der Waals surface area contributed by atoms with Crippen molar-refractivity contribution in [3.05, 3.63) is 137 Å². The highest BCUT2D eigenvalue weighted by atomic mass is 14.6. The van der Waals surface area contributed by atoms with Crippen LogP contribution in [0.4, 0.5) is 0 Å². The number of hydrogen-bond acceptors (Lipinski definition) is 1. The highest BCUT2D eigenvalue weighted by molar-refractivity contribution is 5.75. The van der Waals surface area contributed by atoms with Crippen molar-refractivity contribution >= 4 is 5.70 Å². The molecule has 0 saturated heterocycles. The van der Waals surface area contributed by atoms with Gasteiger partial charge in [-0.05, 0) is 111 Å². The molecule has 0 aliphatic carbocycles. The summed E-state index contributed by atoms with van der Waals surface area (Å²) in [5.41, 5.74) is 19.1. The van der Waals surface area contributed by atoms with Gasteiger partial charge >= 0.3 is 0 Å². The van der Waals surface area contributed by atoms with E-state index in [1.165, 1.54) is 122 Å². The number of rotatable bonds is 22. The normalized spacial score (nSPS) is 13.8. The molecular formula is C52H71N. The second-order valence-electron chi connectivity index (χ2n) is 16.2. The molecule has 0 amide bonds. The van der Waals surface area contributed by atoms with Crippen LogP contribution < -0.4 is 5.73 Å². The van der Waals surface area contributed by atoms with Crippen molar-refractivity contribution < 1.29 is 0 Å². The summed E-state index contributed by atoms with van der Waals surface area (Å²) in [4.78, 5) is 0. The van der Waals surface area contributed by atoms with Gasteiger partial charge in [-0.1, -0.05) is 204 Å². The van der Waals surface area contributed by atoms with Crippen LogP contribution in [-0.2, 0) is 19.3 Å². The SMILES string of the molecule is CCCCCC(CC)Cc1ccc(-c2cc(Cc3cccc(/C(N)=C/C=C\C(C)C(C)C)c3)cc(-c3ccc(CC(CC)CCCCC)cc3)c2)cc1. The van der Waals surface area contributed by atoms with E-state index in [-0.39, 0.29) is 0 Å². The zero-order valence-corrected chi connectivity index (χ0v) is 34.5. The van der Waals surface area contributed by atoms with Crippen LogP contribution in [0, 0.1) is 23.7 Å². The lowest BCUT2D eigenvalue weighted by molar-refractivity contribution is 0.442. The van der Waals surface area contributed by atoms with Crippen molar-refractivity contribution in [3.8, 4) is 22.3 Å². The Hall–Kier alpha value is -3.84. The molecule has 0 heterocycles. The molecule has 0 spiro atoms. The molecular weight excluding hydrogens is 639 g/mol. The average molecular weight is 710 g/mol. The number of nitrogens with two attached hydrogens (primary N) is 1. The molecule has 1 heteroatoms. The Balaban J connectivity index is 1.62. The summed E-state index contributed by atoms with van der Waals surface area (Å²) in [5.74, 6) is 2.68. The first-order chi connectivity index (χ1) is 25.7. The second kappa shape index (κ2) is 22.4. The third kappa shape index (κ3) is 13.8. The number of hydrogen-bond donors (Lipinski definition) is 1. The maximum atomic E-state index is 6.59. The molecule has 0 fully saturated rings. The Morgan fingerprint density at radius 3 is 1.57 bits per heavy atom. The van der Waals surface area contributed by atoms with Crippen LogP contribution >= 0.6 is 0 Å². The van der Waals surface area contributed by atoms with E-state index < -0.39 is 0 Å². The summed E-state index contributed by atoms with van der Waals surface area (Å²) < 4.78 is 0. The smallest absolute Gasteiger partial charge is 0.0387 e. The van der Waals surface area contributed by atoms with E-state index in [0.717, 1.165) is 29.5 Å². The number of unbranched alkanes of at least 4 members (excludes halogenated alkanes) is 4. The van der Waals surface area contributed by atoms with E-state index in [4.69, 9.17) is 5.73 Å². The van der Waals surface area contributed by atoms with Crippen molar-refractivity contribution in [3.63, 3.8) is 0 Å². The monoisotopic (exact) mass is 710 g/mol. The third-order valence-corrected chi connectivity index (χ3v) is 11.6. The molecule has 2 N–H and O–H groups in total. The molecule has 3 atom stereocenters. The minimum Gasteiger partial charge on any atom is -0.398 e. The molecule has 0 radical (unpaired) electrons. The number of benzene rings is 4. The summed E-state index contributed by atoms with van der Waals surface area (Å²) >= 11 is 0. The predicted octanol–water partition coefficient (Wildman–Crippen LogP) is 15.1. The molecule has 1 nitrogen and oxygen atoms in total. The first kappa shape index (κ1) is 41.9. The van der Waals surface area contributed by atoms with Gasteiger partial charge in [0.25, 0.3) is 0 Å². The van der Waals surface area contributed by atoms with E-state index in [1.807, 2.05) is 6.08 Å². The van der Waals surface area contributed by atoms with E-state index in [0.29, 0.717) is 11.8 Å². The van der Waals surface area contributed by atoms with Gasteiger partial charge in [-0.3, -0.25) is 0 Å². The molecule has 4 aromatic rings. The largest absolute Gasteiger partial charge is 0.398 e. The van der Waals surface area contributed by atoms with Gasteiger partial charge in [0.05, 0.1) is 0 Å². The van der Waals surface area contributed by atoms with Crippen LogP contribution in [0.15, 0.2) is 109 Å². The van der Waals surface area contributed by atoms with Crippen molar-refractivity contribution in [2.75, 3.05) is 0 Å². The zero-order chi connectivity index (χ0) is 38.0. The standard InChI is InChI=1S/C52H71N/c1-8-12-14-19-41(10-3)32-43-24-28-47(29-25-43)50-36-46(34-45-21-17-22-49(35-45)52(53)23-16-18-40(7)39(5)6)37-51(38-50)48-30-26-44(27-31-48)33-42(11-4)20-15-13-9-2/h16-18,21-31,35-42H,8-15,19-20,32-34,53H2,1-7H3/b18-16-,52-23-. The van der Waals surface area contributed by atoms with Crippen LogP contribution in [0.25, 0.3) is 28.0 Å². The van der Waals surface area contributed by atoms with Crippen LogP contribution in [0.5, 0.6) is 0 Å². The van der Waals surface area contributed by atoms with Crippen molar-refractivity contribution in [2.24, 2.45) is 29.4 Å². The van der Waals surface area contributed by atoms with Gasteiger partial charge in [0.2, 0.25) is 0 Å². The van der Waals surface area contributed by atoms with Crippen LogP contribution in [0.2, 0.25) is 0 Å². The van der Waals surface area contributed by atoms with Gasteiger partial charge < -0.3 is 5.73 Å². The van der Waals surface area contributed by atoms with Gasteiger partial charge in [0.1, 0.15) is 0 Å². The van der Waals surface area contributed by atoms with E-state index in [9.17, 15) is 0 Å². The molecule has 284 valence electrons. The third-order valence-electron chi connectivity index (χ3n) is 11.6. The van der Waals surface area contributed by atoms with Gasteiger partial charge in [0.15, 0.2) is 0 Å². The topological polar surface area (TPSA) is 26.0 Å². The van der Waals surface area contributed by atoms with Gasteiger partial charge in [0, 0.05) is 5.70 Å². The fourth-order valence-corrected chi connectivity index (χ4v) is 7.48. The summed E-state index contributed by atoms with van der Waals surface area (Å²) in [6.07, 6.45) is 22.8. The fraction of sp³-hybridized carbons (Fsp3) is 0.462. The minimum atomic E-state index is 0.520. The van der Waals surface area contributed by atoms with Crippen molar-refractivity contribution in [1.29, 1.82) is 0 Å². The highest BCUT2D eigenvalue weighted by Crippen LogP contribution is 2.32. The van der Waals surface area contributed by atoms with Gasteiger partial charge in [-0.25, -0.2) is 0 Å². The summed E-state index contributed by atoms with van der Waals surface area (Å²) in [5, 5.41) is 0.